The SMILES string of the molecule is O=C1CCN(Cc2c(F)cncc2F)C2(CN1)COC2. The number of carbonyl (C=O) groups excluding carboxylic acids is 1. The van der Waals surface area contributed by atoms with Gasteiger partial charge in [0.15, 0.2) is 0 Å². The molecule has 7 heteroatoms. The fourth-order valence-corrected chi connectivity index (χ4v) is 2.59. The molecule has 0 saturated carbocycles. The summed E-state index contributed by atoms with van der Waals surface area (Å²) in [6.45, 7) is 1.93. The normalized spacial score (nSPS) is 22.2. The van der Waals surface area contributed by atoms with Crippen molar-refractivity contribution >= 4 is 5.91 Å². The highest BCUT2D eigenvalue weighted by Crippen LogP contribution is 2.29. The van der Waals surface area contributed by atoms with Crippen LogP contribution in [-0.4, -0.2) is 47.6 Å². The van der Waals surface area contributed by atoms with E-state index in [2.05, 4.69) is 10.3 Å². The summed E-state index contributed by atoms with van der Waals surface area (Å²) in [5.74, 6) is -1.37. The summed E-state index contributed by atoms with van der Waals surface area (Å²) in [5, 5.41) is 2.82. The second-order valence-electron chi connectivity index (χ2n) is 5.25. The zero-order valence-electron chi connectivity index (χ0n) is 10.9. The van der Waals surface area contributed by atoms with Gasteiger partial charge in [-0.15, -0.1) is 0 Å². The van der Waals surface area contributed by atoms with Crippen molar-refractivity contribution in [2.45, 2.75) is 18.5 Å². The van der Waals surface area contributed by atoms with E-state index in [1.54, 1.807) is 0 Å². The Kier molecular flexibility index (Phi) is 3.39. The van der Waals surface area contributed by atoms with Gasteiger partial charge in [-0.05, 0) is 0 Å². The summed E-state index contributed by atoms with van der Waals surface area (Å²) in [6, 6.07) is 0. The molecule has 1 aromatic rings. The maximum absolute atomic E-state index is 13.7. The molecule has 108 valence electrons. The first-order valence-corrected chi connectivity index (χ1v) is 6.48. The summed E-state index contributed by atoms with van der Waals surface area (Å²) >= 11 is 0. The number of nitrogens with one attached hydrogen (secondary N) is 1. The van der Waals surface area contributed by atoms with Crippen LogP contribution in [-0.2, 0) is 16.1 Å². The second-order valence-corrected chi connectivity index (χ2v) is 5.25. The van der Waals surface area contributed by atoms with E-state index in [0.717, 1.165) is 12.4 Å². The predicted molar refractivity (Wildman–Crippen MR) is 65.7 cm³/mol. The van der Waals surface area contributed by atoms with Gasteiger partial charge < -0.3 is 10.1 Å². The average molecular weight is 283 g/mol. The molecule has 1 spiro atoms. The summed E-state index contributed by atoms with van der Waals surface area (Å²) in [4.78, 5) is 16.9. The number of ether oxygens (including phenoxy) is 1. The van der Waals surface area contributed by atoms with Gasteiger partial charge in [-0.2, -0.15) is 0 Å². The van der Waals surface area contributed by atoms with E-state index in [-0.39, 0.29) is 23.6 Å². The minimum absolute atomic E-state index is 0.0133. The number of hydrogen-bond donors (Lipinski definition) is 1. The molecule has 0 aliphatic carbocycles. The number of amides is 1. The largest absolute Gasteiger partial charge is 0.377 e. The maximum Gasteiger partial charge on any atom is 0.221 e. The molecular formula is C13H15F2N3O2. The molecule has 0 atom stereocenters. The van der Waals surface area contributed by atoms with Crippen molar-refractivity contribution < 1.29 is 18.3 Å². The summed E-state index contributed by atoms with van der Waals surface area (Å²) < 4.78 is 32.7. The van der Waals surface area contributed by atoms with Crippen molar-refractivity contribution in [3.8, 4) is 0 Å². The highest BCUT2D eigenvalue weighted by Gasteiger charge is 2.46. The summed E-state index contributed by atoms with van der Waals surface area (Å²) in [6.07, 6.45) is 2.32. The molecule has 0 unspecified atom stereocenters. The third-order valence-electron chi connectivity index (χ3n) is 3.94. The molecule has 2 saturated heterocycles. The lowest BCUT2D eigenvalue weighted by atomic mass is 9.94. The van der Waals surface area contributed by atoms with Gasteiger partial charge in [-0.1, -0.05) is 0 Å². The number of aromatic nitrogens is 1. The smallest absolute Gasteiger partial charge is 0.221 e. The molecule has 2 aliphatic heterocycles. The molecule has 5 nitrogen and oxygen atoms in total. The average Bonchev–Trinajstić information content (AvgIpc) is 2.53. The Morgan fingerprint density at radius 3 is 2.65 bits per heavy atom. The Morgan fingerprint density at radius 2 is 2.05 bits per heavy atom. The third-order valence-corrected chi connectivity index (χ3v) is 3.94. The van der Waals surface area contributed by atoms with Gasteiger partial charge in [0.05, 0.1) is 31.1 Å². The Balaban J connectivity index is 1.85. The van der Waals surface area contributed by atoms with Gasteiger partial charge in [-0.3, -0.25) is 14.7 Å². The molecule has 2 aliphatic rings. The lowest BCUT2D eigenvalue weighted by Gasteiger charge is -2.48. The van der Waals surface area contributed by atoms with Crippen LogP contribution >= 0.6 is 0 Å². The van der Waals surface area contributed by atoms with Crippen LogP contribution in [0.5, 0.6) is 0 Å². The molecule has 1 amide bonds. The predicted octanol–water partition coefficient (Wildman–Crippen LogP) is 0.451. The molecule has 20 heavy (non-hydrogen) atoms. The number of rotatable bonds is 2. The first kappa shape index (κ1) is 13.4. The topological polar surface area (TPSA) is 54.5 Å². The van der Waals surface area contributed by atoms with Crippen LogP contribution in [0.25, 0.3) is 0 Å². The van der Waals surface area contributed by atoms with Crippen LogP contribution in [0, 0.1) is 11.6 Å². The molecular weight excluding hydrogens is 268 g/mol. The first-order valence-electron chi connectivity index (χ1n) is 6.48. The zero-order valence-corrected chi connectivity index (χ0v) is 10.9. The van der Waals surface area contributed by atoms with Crippen LogP contribution in [0.1, 0.15) is 12.0 Å². The van der Waals surface area contributed by atoms with Crippen molar-refractivity contribution in [2.24, 2.45) is 0 Å². The molecule has 0 radical (unpaired) electrons. The number of halogens is 2. The molecule has 3 rings (SSSR count). The molecule has 3 heterocycles. The first-order chi connectivity index (χ1) is 9.61. The van der Waals surface area contributed by atoms with Crippen LogP contribution in [0.3, 0.4) is 0 Å². The van der Waals surface area contributed by atoms with Crippen LogP contribution in [0.15, 0.2) is 12.4 Å². The Morgan fingerprint density at radius 1 is 1.35 bits per heavy atom. The molecule has 1 aromatic heterocycles. The Hall–Kier alpha value is -1.60. The van der Waals surface area contributed by atoms with Gasteiger partial charge in [-0.25, -0.2) is 8.78 Å². The molecule has 2 fully saturated rings. The van der Waals surface area contributed by atoms with Crippen molar-refractivity contribution in [2.75, 3.05) is 26.3 Å². The van der Waals surface area contributed by atoms with Crippen LogP contribution in [0.2, 0.25) is 0 Å². The number of carbonyl (C=O) groups is 1. The van der Waals surface area contributed by atoms with Gasteiger partial charge in [0.2, 0.25) is 5.91 Å². The van der Waals surface area contributed by atoms with Gasteiger partial charge in [0.25, 0.3) is 0 Å². The third kappa shape index (κ3) is 2.27. The van der Waals surface area contributed by atoms with Crippen LogP contribution < -0.4 is 5.32 Å². The number of nitrogens with zero attached hydrogens (tertiary/aromatic N) is 2. The summed E-state index contributed by atoms with van der Waals surface area (Å²) in [7, 11) is 0. The molecule has 1 N–H and O–H groups in total. The van der Waals surface area contributed by atoms with E-state index in [0.29, 0.717) is 32.7 Å². The fourth-order valence-electron chi connectivity index (χ4n) is 2.59. The van der Waals surface area contributed by atoms with E-state index in [1.807, 2.05) is 4.90 Å². The van der Waals surface area contributed by atoms with Gasteiger partial charge in [0.1, 0.15) is 11.6 Å². The van der Waals surface area contributed by atoms with Crippen molar-refractivity contribution in [3.05, 3.63) is 29.6 Å². The highest BCUT2D eigenvalue weighted by atomic mass is 19.1. The lowest BCUT2D eigenvalue weighted by Crippen LogP contribution is -2.65. The minimum atomic E-state index is -0.663. The minimum Gasteiger partial charge on any atom is -0.377 e. The quantitative estimate of drug-likeness (QED) is 0.856. The van der Waals surface area contributed by atoms with Crippen molar-refractivity contribution in [1.29, 1.82) is 0 Å². The van der Waals surface area contributed by atoms with E-state index < -0.39 is 11.6 Å². The second kappa shape index (κ2) is 5.06. The molecule has 0 aromatic carbocycles. The maximum atomic E-state index is 13.7. The van der Waals surface area contributed by atoms with Crippen molar-refractivity contribution in [1.82, 2.24) is 15.2 Å². The van der Waals surface area contributed by atoms with E-state index in [1.165, 1.54) is 0 Å². The Labute approximate surface area is 114 Å². The molecule has 0 bridgehead atoms. The van der Waals surface area contributed by atoms with Gasteiger partial charge in [0, 0.05) is 31.6 Å². The van der Waals surface area contributed by atoms with E-state index in [4.69, 9.17) is 4.74 Å². The van der Waals surface area contributed by atoms with Crippen LogP contribution in [0.4, 0.5) is 8.78 Å². The van der Waals surface area contributed by atoms with E-state index >= 15 is 0 Å². The highest BCUT2D eigenvalue weighted by molar-refractivity contribution is 5.76. The number of hydrogen-bond acceptors (Lipinski definition) is 4. The van der Waals surface area contributed by atoms with Crippen molar-refractivity contribution in [3.63, 3.8) is 0 Å². The number of pyridine rings is 1. The standard InChI is InChI=1S/C13H15F2N3O2/c14-10-3-16-4-11(15)9(10)5-18-2-1-12(19)17-6-13(18)7-20-8-13/h3-4H,1-2,5-8H2,(H,17,19). The van der Waals surface area contributed by atoms with Gasteiger partial charge >= 0.3 is 0 Å². The summed E-state index contributed by atoms with van der Waals surface area (Å²) in [5.41, 5.74) is -0.366. The Bertz CT molecular complexity index is 514. The fraction of sp³-hybridized carbons (Fsp3) is 0.538. The monoisotopic (exact) mass is 283 g/mol. The zero-order chi connectivity index (χ0) is 14.2. The lowest BCUT2D eigenvalue weighted by molar-refractivity contribution is -0.138. The van der Waals surface area contributed by atoms with E-state index in [9.17, 15) is 13.6 Å².